The molecule has 2 fully saturated rings. The molecule has 0 aromatic carbocycles. The second-order valence-electron chi connectivity index (χ2n) is 6.58. The first kappa shape index (κ1) is 21.0. The highest BCUT2D eigenvalue weighted by atomic mass is 35.5. The van der Waals surface area contributed by atoms with Gasteiger partial charge in [-0.25, -0.2) is 0 Å². The third-order valence-corrected chi connectivity index (χ3v) is 4.89. The molecule has 2 aliphatic heterocycles. The molecule has 2 aliphatic rings. The molecule has 2 rings (SSSR count). The molecule has 126 valence electrons. The van der Waals surface area contributed by atoms with Gasteiger partial charge in [-0.2, -0.15) is 0 Å². The lowest BCUT2D eigenvalue weighted by atomic mass is 9.94. The number of amides is 1. The minimum atomic E-state index is 0. The van der Waals surface area contributed by atoms with Crippen molar-refractivity contribution < 1.29 is 4.79 Å². The molecule has 0 spiro atoms. The summed E-state index contributed by atoms with van der Waals surface area (Å²) < 4.78 is 0. The summed E-state index contributed by atoms with van der Waals surface area (Å²) in [5.41, 5.74) is 5.74. The molecule has 2 saturated heterocycles. The number of rotatable bonds is 3. The van der Waals surface area contributed by atoms with E-state index in [4.69, 9.17) is 5.73 Å². The van der Waals surface area contributed by atoms with Crippen molar-refractivity contribution in [3.05, 3.63) is 0 Å². The van der Waals surface area contributed by atoms with Crippen LogP contribution < -0.4 is 5.73 Å². The van der Waals surface area contributed by atoms with Crippen LogP contribution in [0, 0.1) is 11.8 Å². The van der Waals surface area contributed by atoms with Gasteiger partial charge in [0.2, 0.25) is 5.91 Å². The van der Waals surface area contributed by atoms with E-state index in [1.54, 1.807) is 0 Å². The summed E-state index contributed by atoms with van der Waals surface area (Å²) in [5.74, 6) is 1.13. The van der Waals surface area contributed by atoms with Gasteiger partial charge in [0.25, 0.3) is 0 Å². The highest BCUT2D eigenvalue weighted by molar-refractivity contribution is 5.85. The number of hydrogen-bond acceptors (Lipinski definition) is 3. The van der Waals surface area contributed by atoms with Crippen LogP contribution in [0.3, 0.4) is 0 Å². The maximum Gasteiger partial charge on any atom is 0.226 e. The van der Waals surface area contributed by atoms with Crippen LogP contribution in [0.4, 0.5) is 0 Å². The highest BCUT2D eigenvalue weighted by Gasteiger charge is 2.36. The minimum Gasteiger partial charge on any atom is -0.339 e. The number of carbonyl (C=O) groups is 1. The molecule has 0 bridgehead atoms. The Labute approximate surface area is 141 Å². The van der Waals surface area contributed by atoms with Gasteiger partial charge >= 0.3 is 0 Å². The lowest BCUT2D eigenvalue weighted by molar-refractivity contribution is -0.137. The SMILES string of the molecule is CC(C)N1CCC(C(=O)N2CC(CN)CC2C)CC1.Cl.Cl. The Hall–Kier alpha value is -0.0300. The Kier molecular flexibility index (Phi) is 9.17. The van der Waals surface area contributed by atoms with Crippen molar-refractivity contribution in [1.29, 1.82) is 0 Å². The van der Waals surface area contributed by atoms with E-state index in [1.807, 2.05) is 0 Å². The second-order valence-corrected chi connectivity index (χ2v) is 6.58. The third kappa shape index (κ3) is 4.98. The largest absolute Gasteiger partial charge is 0.339 e. The van der Waals surface area contributed by atoms with Gasteiger partial charge in [0.15, 0.2) is 0 Å². The van der Waals surface area contributed by atoms with E-state index in [1.165, 1.54) is 0 Å². The van der Waals surface area contributed by atoms with Crippen LogP contribution in [0.5, 0.6) is 0 Å². The van der Waals surface area contributed by atoms with Gasteiger partial charge in [-0.15, -0.1) is 24.8 Å². The molecule has 1 amide bonds. The molecule has 4 nitrogen and oxygen atoms in total. The van der Waals surface area contributed by atoms with Gasteiger partial charge < -0.3 is 15.5 Å². The summed E-state index contributed by atoms with van der Waals surface area (Å²) in [6, 6.07) is 0.979. The van der Waals surface area contributed by atoms with Gasteiger partial charge in [-0.05, 0) is 65.6 Å². The van der Waals surface area contributed by atoms with Crippen molar-refractivity contribution in [2.75, 3.05) is 26.2 Å². The first-order valence-electron chi connectivity index (χ1n) is 7.77. The monoisotopic (exact) mass is 339 g/mol. The van der Waals surface area contributed by atoms with E-state index in [0.717, 1.165) is 38.9 Å². The van der Waals surface area contributed by atoms with Crippen LogP contribution >= 0.6 is 24.8 Å². The number of nitrogens with zero attached hydrogens (tertiary/aromatic N) is 2. The van der Waals surface area contributed by atoms with Crippen LogP contribution in [-0.2, 0) is 4.79 Å². The predicted molar refractivity (Wildman–Crippen MR) is 92.3 cm³/mol. The summed E-state index contributed by atoms with van der Waals surface area (Å²) >= 11 is 0. The highest BCUT2D eigenvalue weighted by Crippen LogP contribution is 2.27. The molecule has 0 aromatic heterocycles. The molecule has 2 N–H and O–H groups in total. The first-order chi connectivity index (χ1) is 9.02. The Morgan fingerprint density at radius 1 is 1.24 bits per heavy atom. The lowest BCUT2D eigenvalue weighted by Gasteiger charge is -2.36. The van der Waals surface area contributed by atoms with Crippen molar-refractivity contribution in [3.63, 3.8) is 0 Å². The van der Waals surface area contributed by atoms with Crippen molar-refractivity contribution >= 4 is 30.7 Å². The number of hydrogen-bond donors (Lipinski definition) is 1. The summed E-state index contributed by atoms with van der Waals surface area (Å²) in [6.45, 7) is 10.3. The van der Waals surface area contributed by atoms with Crippen LogP contribution in [-0.4, -0.2) is 54.0 Å². The third-order valence-electron chi connectivity index (χ3n) is 4.89. The molecular weight excluding hydrogens is 309 g/mol. The summed E-state index contributed by atoms with van der Waals surface area (Å²) in [5, 5.41) is 0. The van der Waals surface area contributed by atoms with Crippen molar-refractivity contribution in [3.8, 4) is 0 Å². The Balaban J connectivity index is 0.00000200. The summed E-state index contributed by atoms with van der Waals surface area (Å²) in [4.78, 5) is 17.2. The topological polar surface area (TPSA) is 49.6 Å². The average Bonchev–Trinajstić information content (AvgIpc) is 2.79. The second kappa shape index (κ2) is 9.19. The van der Waals surface area contributed by atoms with E-state index >= 15 is 0 Å². The number of halogens is 2. The van der Waals surface area contributed by atoms with Crippen molar-refractivity contribution in [2.45, 2.75) is 52.1 Å². The Morgan fingerprint density at radius 2 is 1.81 bits per heavy atom. The van der Waals surface area contributed by atoms with Crippen molar-refractivity contribution in [2.24, 2.45) is 17.6 Å². The smallest absolute Gasteiger partial charge is 0.226 e. The number of piperidine rings is 1. The first-order valence-corrected chi connectivity index (χ1v) is 7.77. The zero-order valence-electron chi connectivity index (χ0n) is 13.5. The van der Waals surface area contributed by atoms with E-state index in [-0.39, 0.29) is 30.7 Å². The molecule has 21 heavy (non-hydrogen) atoms. The number of likely N-dealkylation sites (tertiary alicyclic amines) is 2. The summed E-state index contributed by atoms with van der Waals surface area (Å²) in [6.07, 6.45) is 3.12. The molecule has 0 aromatic rings. The van der Waals surface area contributed by atoms with E-state index in [2.05, 4.69) is 30.6 Å². The zero-order chi connectivity index (χ0) is 14.0. The maximum absolute atomic E-state index is 12.6. The van der Waals surface area contributed by atoms with E-state index in [9.17, 15) is 4.79 Å². The minimum absolute atomic E-state index is 0. The quantitative estimate of drug-likeness (QED) is 0.856. The lowest BCUT2D eigenvalue weighted by Crippen LogP contribution is -2.45. The van der Waals surface area contributed by atoms with Crippen LogP contribution in [0.25, 0.3) is 0 Å². The fourth-order valence-corrected chi connectivity index (χ4v) is 3.52. The molecule has 0 radical (unpaired) electrons. The molecule has 2 heterocycles. The molecule has 2 unspecified atom stereocenters. The van der Waals surface area contributed by atoms with Crippen LogP contribution in [0.1, 0.15) is 40.0 Å². The Bertz CT molecular complexity index is 320. The van der Waals surface area contributed by atoms with Gasteiger partial charge in [0.05, 0.1) is 0 Å². The summed E-state index contributed by atoms with van der Waals surface area (Å²) in [7, 11) is 0. The molecule has 0 aliphatic carbocycles. The van der Waals surface area contributed by atoms with Crippen LogP contribution in [0.15, 0.2) is 0 Å². The van der Waals surface area contributed by atoms with Gasteiger partial charge in [0.1, 0.15) is 0 Å². The van der Waals surface area contributed by atoms with Crippen molar-refractivity contribution in [1.82, 2.24) is 9.80 Å². The normalized spacial score (nSPS) is 27.4. The average molecular weight is 340 g/mol. The molecule has 0 saturated carbocycles. The molecule has 2 atom stereocenters. The molecular formula is C15H31Cl2N3O. The predicted octanol–water partition coefficient (Wildman–Crippen LogP) is 2.15. The fourth-order valence-electron chi connectivity index (χ4n) is 3.52. The van der Waals surface area contributed by atoms with Gasteiger partial charge in [-0.1, -0.05) is 0 Å². The standard InChI is InChI=1S/C15H29N3O.2ClH/c1-11(2)17-6-4-14(5-7-17)15(19)18-10-13(9-16)8-12(18)3;;/h11-14H,4-10,16H2,1-3H3;2*1H. The van der Waals surface area contributed by atoms with Gasteiger partial charge in [-0.3, -0.25) is 4.79 Å². The number of carbonyl (C=O) groups excluding carboxylic acids is 1. The van der Waals surface area contributed by atoms with E-state index < -0.39 is 0 Å². The van der Waals surface area contributed by atoms with Gasteiger partial charge in [0, 0.05) is 24.5 Å². The number of nitrogens with two attached hydrogens (primary N) is 1. The fraction of sp³-hybridized carbons (Fsp3) is 0.933. The zero-order valence-corrected chi connectivity index (χ0v) is 15.1. The molecule has 6 heteroatoms. The van der Waals surface area contributed by atoms with E-state index in [0.29, 0.717) is 30.5 Å². The maximum atomic E-state index is 12.6. The van der Waals surface area contributed by atoms with Crippen LogP contribution in [0.2, 0.25) is 0 Å². The Morgan fingerprint density at radius 3 is 2.24 bits per heavy atom.